The second-order valence-corrected chi connectivity index (χ2v) is 3.54. The lowest BCUT2D eigenvalue weighted by Crippen LogP contribution is -2.15. The lowest BCUT2D eigenvalue weighted by Gasteiger charge is -2.09. The van der Waals surface area contributed by atoms with E-state index in [0.29, 0.717) is 24.5 Å². The van der Waals surface area contributed by atoms with Crippen LogP contribution in [0.1, 0.15) is 28.8 Å². The van der Waals surface area contributed by atoms with Gasteiger partial charge in [0.05, 0.1) is 17.8 Å². The Kier molecular flexibility index (Phi) is 3.74. The molecule has 0 atom stereocenters. The summed E-state index contributed by atoms with van der Waals surface area (Å²) in [5, 5.41) is 8.88. The first-order valence-electron chi connectivity index (χ1n) is 4.77. The maximum atomic E-state index is 10.8. The predicted molar refractivity (Wildman–Crippen MR) is 55.8 cm³/mol. The van der Waals surface area contributed by atoms with Crippen molar-refractivity contribution in [3.05, 3.63) is 23.3 Å². The molecule has 0 aliphatic heterocycles. The van der Waals surface area contributed by atoms with Crippen LogP contribution in [0, 0.1) is 0 Å². The van der Waals surface area contributed by atoms with Gasteiger partial charge in [-0.25, -0.2) is 14.8 Å². The molecule has 0 fully saturated rings. The standard InChI is InChI=1S/C10H15N3O2/c1-4-8-7(10(14)15)5-11-9(12-8)6-13(2)3/h5H,4,6H2,1-3H3,(H,14,15). The molecule has 1 rings (SSSR count). The molecule has 0 aliphatic carbocycles. The summed E-state index contributed by atoms with van der Waals surface area (Å²) in [5.41, 5.74) is 0.786. The lowest BCUT2D eigenvalue weighted by molar-refractivity contribution is 0.0694. The fraction of sp³-hybridized carbons (Fsp3) is 0.500. The highest BCUT2D eigenvalue weighted by atomic mass is 16.4. The van der Waals surface area contributed by atoms with Gasteiger partial charge in [-0.3, -0.25) is 0 Å². The van der Waals surface area contributed by atoms with Crippen molar-refractivity contribution in [3.63, 3.8) is 0 Å². The quantitative estimate of drug-likeness (QED) is 0.794. The van der Waals surface area contributed by atoms with E-state index in [0.717, 1.165) is 0 Å². The Hall–Kier alpha value is -1.49. The Morgan fingerprint density at radius 2 is 2.20 bits per heavy atom. The summed E-state index contributed by atoms with van der Waals surface area (Å²) in [6.07, 6.45) is 1.98. The molecular weight excluding hydrogens is 194 g/mol. The van der Waals surface area contributed by atoms with Gasteiger partial charge in [0.1, 0.15) is 5.82 Å². The zero-order valence-corrected chi connectivity index (χ0v) is 9.19. The number of hydrogen-bond donors (Lipinski definition) is 1. The molecule has 0 saturated carbocycles. The van der Waals surface area contributed by atoms with E-state index < -0.39 is 5.97 Å². The molecule has 0 radical (unpaired) electrons. The molecule has 0 bridgehead atoms. The molecule has 0 aromatic carbocycles. The lowest BCUT2D eigenvalue weighted by atomic mass is 10.2. The summed E-state index contributed by atoms with van der Waals surface area (Å²) >= 11 is 0. The molecule has 1 aromatic heterocycles. The third-order valence-corrected chi connectivity index (χ3v) is 1.94. The number of nitrogens with zero attached hydrogens (tertiary/aromatic N) is 3. The van der Waals surface area contributed by atoms with Gasteiger partial charge in [-0.15, -0.1) is 0 Å². The van der Waals surface area contributed by atoms with Crippen molar-refractivity contribution in [1.82, 2.24) is 14.9 Å². The van der Waals surface area contributed by atoms with E-state index in [-0.39, 0.29) is 5.56 Å². The summed E-state index contributed by atoms with van der Waals surface area (Å²) in [6, 6.07) is 0. The van der Waals surface area contributed by atoms with Gasteiger partial charge in [-0.05, 0) is 20.5 Å². The van der Waals surface area contributed by atoms with Crippen LogP contribution in [0.4, 0.5) is 0 Å². The number of aryl methyl sites for hydroxylation is 1. The van der Waals surface area contributed by atoms with Gasteiger partial charge in [0, 0.05) is 6.20 Å². The van der Waals surface area contributed by atoms with Crippen molar-refractivity contribution in [2.75, 3.05) is 14.1 Å². The van der Waals surface area contributed by atoms with Crippen LogP contribution in [0.2, 0.25) is 0 Å². The van der Waals surface area contributed by atoms with Crippen LogP contribution < -0.4 is 0 Å². The average molecular weight is 209 g/mol. The van der Waals surface area contributed by atoms with Crippen LogP contribution in [0.25, 0.3) is 0 Å². The fourth-order valence-electron chi connectivity index (χ4n) is 1.27. The molecule has 0 unspecified atom stereocenters. The largest absolute Gasteiger partial charge is 0.478 e. The van der Waals surface area contributed by atoms with Gasteiger partial charge in [0.25, 0.3) is 0 Å². The molecule has 5 nitrogen and oxygen atoms in total. The number of carbonyl (C=O) groups is 1. The minimum Gasteiger partial charge on any atom is -0.478 e. The van der Waals surface area contributed by atoms with Gasteiger partial charge in [-0.2, -0.15) is 0 Å². The molecule has 5 heteroatoms. The second-order valence-electron chi connectivity index (χ2n) is 3.54. The molecule has 1 N–H and O–H groups in total. The molecule has 1 heterocycles. The monoisotopic (exact) mass is 209 g/mol. The highest BCUT2D eigenvalue weighted by molar-refractivity contribution is 5.88. The zero-order chi connectivity index (χ0) is 11.4. The van der Waals surface area contributed by atoms with Crippen LogP contribution in [0.15, 0.2) is 6.20 Å². The highest BCUT2D eigenvalue weighted by Gasteiger charge is 2.11. The van der Waals surface area contributed by atoms with Gasteiger partial charge < -0.3 is 10.0 Å². The first-order valence-corrected chi connectivity index (χ1v) is 4.77. The van der Waals surface area contributed by atoms with E-state index in [4.69, 9.17) is 5.11 Å². The Morgan fingerprint density at radius 1 is 1.53 bits per heavy atom. The summed E-state index contributed by atoms with van der Waals surface area (Å²) in [6.45, 7) is 2.50. The van der Waals surface area contributed by atoms with Crippen molar-refractivity contribution in [2.45, 2.75) is 19.9 Å². The maximum absolute atomic E-state index is 10.8. The fourth-order valence-corrected chi connectivity index (χ4v) is 1.27. The number of aromatic nitrogens is 2. The number of carboxylic acid groups (broad SMARTS) is 1. The summed E-state index contributed by atoms with van der Waals surface area (Å²) in [5.74, 6) is -0.315. The summed E-state index contributed by atoms with van der Waals surface area (Å²) < 4.78 is 0. The summed E-state index contributed by atoms with van der Waals surface area (Å²) in [4.78, 5) is 21.0. The number of aromatic carboxylic acids is 1. The van der Waals surface area contributed by atoms with Gasteiger partial charge in [0.2, 0.25) is 0 Å². The average Bonchev–Trinajstić information content (AvgIpc) is 2.16. The van der Waals surface area contributed by atoms with E-state index >= 15 is 0 Å². The van der Waals surface area contributed by atoms with Crippen LogP contribution in [0.5, 0.6) is 0 Å². The molecule has 0 saturated heterocycles. The Labute approximate surface area is 88.8 Å². The van der Waals surface area contributed by atoms with E-state index in [9.17, 15) is 4.79 Å². The van der Waals surface area contributed by atoms with Gasteiger partial charge in [-0.1, -0.05) is 6.92 Å². The normalized spacial score (nSPS) is 10.7. The molecule has 0 spiro atoms. The third kappa shape index (κ3) is 2.99. The Balaban J connectivity index is 3.02. The molecule has 82 valence electrons. The predicted octanol–water partition coefficient (Wildman–Crippen LogP) is 0.799. The molecule has 0 aliphatic rings. The van der Waals surface area contributed by atoms with Crippen molar-refractivity contribution < 1.29 is 9.90 Å². The van der Waals surface area contributed by atoms with Crippen molar-refractivity contribution in [1.29, 1.82) is 0 Å². The Bertz CT molecular complexity index is 364. The van der Waals surface area contributed by atoms with Crippen molar-refractivity contribution in [3.8, 4) is 0 Å². The first-order chi connectivity index (χ1) is 7.04. The van der Waals surface area contributed by atoms with Crippen LogP contribution in [-0.4, -0.2) is 40.0 Å². The third-order valence-electron chi connectivity index (χ3n) is 1.94. The molecule has 15 heavy (non-hydrogen) atoms. The van der Waals surface area contributed by atoms with Gasteiger partial charge in [0.15, 0.2) is 0 Å². The van der Waals surface area contributed by atoms with Crippen molar-refractivity contribution >= 4 is 5.97 Å². The Morgan fingerprint density at radius 3 is 2.67 bits per heavy atom. The SMILES string of the molecule is CCc1nc(CN(C)C)ncc1C(=O)O. The summed E-state index contributed by atoms with van der Waals surface area (Å²) in [7, 11) is 3.83. The minimum atomic E-state index is -0.969. The van der Waals surface area contributed by atoms with Crippen LogP contribution >= 0.6 is 0 Å². The van der Waals surface area contributed by atoms with Crippen LogP contribution in [-0.2, 0) is 13.0 Å². The van der Waals surface area contributed by atoms with E-state index in [1.54, 1.807) is 0 Å². The van der Waals surface area contributed by atoms with E-state index in [1.165, 1.54) is 6.20 Å². The van der Waals surface area contributed by atoms with Crippen LogP contribution in [0.3, 0.4) is 0 Å². The van der Waals surface area contributed by atoms with E-state index in [1.807, 2.05) is 25.9 Å². The number of rotatable bonds is 4. The topological polar surface area (TPSA) is 66.3 Å². The maximum Gasteiger partial charge on any atom is 0.339 e. The number of hydrogen-bond acceptors (Lipinski definition) is 4. The van der Waals surface area contributed by atoms with Crippen molar-refractivity contribution in [2.24, 2.45) is 0 Å². The van der Waals surface area contributed by atoms with E-state index in [2.05, 4.69) is 9.97 Å². The first kappa shape index (κ1) is 11.6. The highest BCUT2D eigenvalue weighted by Crippen LogP contribution is 2.07. The number of carboxylic acids is 1. The van der Waals surface area contributed by atoms with Gasteiger partial charge >= 0.3 is 5.97 Å². The minimum absolute atomic E-state index is 0.194. The molecular formula is C10H15N3O2. The molecule has 0 amide bonds. The zero-order valence-electron chi connectivity index (χ0n) is 9.19. The second kappa shape index (κ2) is 4.84. The smallest absolute Gasteiger partial charge is 0.339 e. The molecule has 1 aromatic rings.